The summed E-state index contributed by atoms with van der Waals surface area (Å²) >= 11 is 0. The van der Waals surface area contributed by atoms with Crippen LogP contribution in [-0.4, -0.2) is 31.0 Å². The zero-order chi connectivity index (χ0) is 22.7. The Morgan fingerprint density at radius 1 is 0.636 bits per heavy atom. The van der Waals surface area contributed by atoms with E-state index in [-0.39, 0.29) is 24.4 Å². The smallest absolute Gasteiger partial charge is 0.115 e. The van der Waals surface area contributed by atoms with Crippen LogP contribution in [0, 0.1) is 0 Å². The molecule has 0 radical (unpaired) electrons. The van der Waals surface area contributed by atoms with Crippen molar-refractivity contribution in [1.82, 2.24) is 0 Å². The molecule has 1 fully saturated rings. The first kappa shape index (κ1) is 23.4. The Morgan fingerprint density at radius 2 is 1.09 bits per heavy atom. The van der Waals surface area contributed by atoms with Gasteiger partial charge in [0.15, 0.2) is 0 Å². The number of ether oxygens (including phenoxy) is 4. The minimum Gasteiger partial charge on any atom is -0.374 e. The van der Waals surface area contributed by atoms with Crippen LogP contribution in [0.1, 0.15) is 23.1 Å². The van der Waals surface area contributed by atoms with Crippen LogP contribution in [0.2, 0.25) is 0 Å². The van der Waals surface area contributed by atoms with Crippen LogP contribution in [0.3, 0.4) is 0 Å². The zero-order valence-electron chi connectivity index (χ0n) is 18.9. The summed E-state index contributed by atoms with van der Waals surface area (Å²) in [6.07, 6.45) is 1.78. The summed E-state index contributed by atoms with van der Waals surface area (Å²) in [5, 5.41) is 0. The third-order valence-corrected chi connectivity index (χ3v) is 5.77. The molecule has 3 aromatic carbocycles. The van der Waals surface area contributed by atoms with Gasteiger partial charge in [0.2, 0.25) is 0 Å². The van der Waals surface area contributed by atoms with E-state index in [0.717, 1.165) is 16.7 Å². The fraction of sp³-hybridized carbons (Fsp3) is 0.310. The maximum atomic E-state index is 6.42. The Hall–Kier alpha value is -2.76. The van der Waals surface area contributed by atoms with E-state index in [9.17, 15) is 0 Å². The van der Waals surface area contributed by atoms with Crippen molar-refractivity contribution in [1.29, 1.82) is 0 Å². The Bertz CT molecular complexity index is 945. The van der Waals surface area contributed by atoms with E-state index in [4.69, 9.17) is 18.9 Å². The Kier molecular flexibility index (Phi) is 8.84. The molecule has 3 aromatic rings. The van der Waals surface area contributed by atoms with E-state index < -0.39 is 0 Å². The molecule has 0 N–H and O–H groups in total. The second kappa shape index (κ2) is 12.5. The van der Waals surface area contributed by atoms with Gasteiger partial charge in [0.1, 0.15) is 18.3 Å². The first-order valence-electron chi connectivity index (χ1n) is 11.5. The monoisotopic (exact) mass is 444 g/mol. The van der Waals surface area contributed by atoms with Crippen LogP contribution in [0.4, 0.5) is 0 Å². The summed E-state index contributed by atoms with van der Waals surface area (Å²) in [7, 11) is 0. The van der Waals surface area contributed by atoms with Gasteiger partial charge in [0.05, 0.1) is 32.5 Å². The highest BCUT2D eigenvalue weighted by Gasteiger charge is 2.45. The summed E-state index contributed by atoms with van der Waals surface area (Å²) < 4.78 is 25.2. The first-order valence-corrected chi connectivity index (χ1v) is 11.5. The summed E-state index contributed by atoms with van der Waals surface area (Å²) in [6.45, 7) is 5.89. The van der Waals surface area contributed by atoms with Crippen molar-refractivity contribution in [3.63, 3.8) is 0 Å². The highest BCUT2D eigenvalue weighted by atomic mass is 16.6. The Morgan fingerprint density at radius 3 is 1.58 bits per heavy atom. The minimum atomic E-state index is -0.241. The molecule has 33 heavy (non-hydrogen) atoms. The normalized spacial score (nSPS) is 22.3. The standard InChI is InChI=1S/C29H32O4/c1-2-12-26-28(31-20-24-15-8-4-9-16-24)29(32-21-25-17-10-5-11-18-25)27(33-26)22-30-19-23-13-6-3-7-14-23/h2-11,13-18,26-29H,1,12,19-22H2/t26-,27-,28-,29-/m0/s1. The molecule has 0 unspecified atom stereocenters. The molecule has 0 amide bonds. The van der Waals surface area contributed by atoms with Crippen molar-refractivity contribution in [2.24, 2.45) is 0 Å². The van der Waals surface area contributed by atoms with Crippen molar-refractivity contribution in [3.05, 3.63) is 120 Å². The third kappa shape index (κ3) is 6.86. The molecule has 0 spiro atoms. The van der Waals surface area contributed by atoms with Gasteiger partial charge < -0.3 is 18.9 Å². The van der Waals surface area contributed by atoms with Crippen molar-refractivity contribution >= 4 is 0 Å². The summed E-state index contributed by atoms with van der Waals surface area (Å²) in [5.74, 6) is 0. The van der Waals surface area contributed by atoms with Gasteiger partial charge in [-0.2, -0.15) is 0 Å². The topological polar surface area (TPSA) is 36.9 Å². The van der Waals surface area contributed by atoms with E-state index >= 15 is 0 Å². The fourth-order valence-electron chi connectivity index (χ4n) is 4.10. The van der Waals surface area contributed by atoms with Crippen LogP contribution in [0.5, 0.6) is 0 Å². The molecule has 0 aliphatic carbocycles. The molecule has 0 aromatic heterocycles. The SMILES string of the molecule is C=CC[C@@H]1O[C@@H](COCc2ccccc2)[C@H](OCc2ccccc2)[C@H]1OCc1ccccc1. The highest BCUT2D eigenvalue weighted by Crippen LogP contribution is 2.31. The number of benzene rings is 3. The molecule has 4 heteroatoms. The maximum Gasteiger partial charge on any atom is 0.115 e. The molecule has 1 aliphatic heterocycles. The molecule has 4 rings (SSSR count). The van der Waals surface area contributed by atoms with Crippen LogP contribution < -0.4 is 0 Å². The molecule has 1 heterocycles. The molecule has 0 bridgehead atoms. The van der Waals surface area contributed by atoms with Crippen LogP contribution in [0.25, 0.3) is 0 Å². The van der Waals surface area contributed by atoms with Crippen molar-refractivity contribution in [2.75, 3.05) is 6.61 Å². The van der Waals surface area contributed by atoms with Gasteiger partial charge in [-0.25, -0.2) is 0 Å². The van der Waals surface area contributed by atoms with Crippen LogP contribution >= 0.6 is 0 Å². The lowest BCUT2D eigenvalue weighted by atomic mass is 10.0. The van der Waals surface area contributed by atoms with Gasteiger partial charge in [-0.1, -0.05) is 97.1 Å². The van der Waals surface area contributed by atoms with E-state index in [1.807, 2.05) is 60.7 Å². The van der Waals surface area contributed by atoms with E-state index in [0.29, 0.717) is 32.8 Å². The molecular formula is C29H32O4. The molecule has 172 valence electrons. The highest BCUT2D eigenvalue weighted by molar-refractivity contribution is 5.15. The summed E-state index contributed by atoms with van der Waals surface area (Å²) in [5.41, 5.74) is 3.38. The van der Waals surface area contributed by atoms with Crippen LogP contribution in [0.15, 0.2) is 104 Å². The summed E-state index contributed by atoms with van der Waals surface area (Å²) in [6, 6.07) is 30.5. The molecule has 0 saturated carbocycles. The fourth-order valence-corrected chi connectivity index (χ4v) is 4.10. The maximum absolute atomic E-state index is 6.42. The van der Waals surface area contributed by atoms with E-state index in [2.05, 4.69) is 43.0 Å². The largest absolute Gasteiger partial charge is 0.374 e. The zero-order valence-corrected chi connectivity index (χ0v) is 18.9. The second-order valence-electron chi connectivity index (χ2n) is 8.26. The Balaban J connectivity index is 1.45. The third-order valence-electron chi connectivity index (χ3n) is 5.77. The lowest BCUT2D eigenvalue weighted by molar-refractivity contribution is -0.0898. The lowest BCUT2D eigenvalue weighted by Crippen LogP contribution is -2.39. The molecule has 1 aliphatic rings. The molecule has 4 atom stereocenters. The molecule has 4 nitrogen and oxygen atoms in total. The quantitative estimate of drug-likeness (QED) is 0.335. The van der Waals surface area contributed by atoms with Gasteiger partial charge in [0.25, 0.3) is 0 Å². The second-order valence-corrected chi connectivity index (χ2v) is 8.26. The number of hydrogen-bond acceptors (Lipinski definition) is 4. The number of hydrogen-bond donors (Lipinski definition) is 0. The Labute approximate surface area is 196 Å². The number of rotatable bonds is 12. The van der Waals surface area contributed by atoms with Gasteiger partial charge in [0, 0.05) is 0 Å². The average Bonchev–Trinajstić information content (AvgIpc) is 3.19. The van der Waals surface area contributed by atoms with Crippen molar-refractivity contribution in [3.8, 4) is 0 Å². The van der Waals surface area contributed by atoms with Gasteiger partial charge >= 0.3 is 0 Å². The first-order chi connectivity index (χ1) is 16.3. The van der Waals surface area contributed by atoms with E-state index in [1.54, 1.807) is 0 Å². The van der Waals surface area contributed by atoms with Crippen LogP contribution in [-0.2, 0) is 38.8 Å². The van der Waals surface area contributed by atoms with Gasteiger partial charge in [-0.3, -0.25) is 0 Å². The van der Waals surface area contributed by atoms with Crippen molar-refractivity contribution in [2.45, 2.75) is 50.7 Å². The lowest BCUT2D eigenvalue weighted by Gasteiger charge is -2.25. The average molecular weight is 445 g/mol. The van der Waals surface area contributed by atoms with E-state index in [1.165, 1.54) is 0 Å². The predicted molar refractivity (Wildman–Crippen MR) is 130 cm³/mol. The van der Waals surface area contributed by atoms with Gasteiger partial charge in [-0.15, -0.1) is 6.58 Å². The predicted octanol–water partition coefficient (Wildman–Crippen LogP) is 5.72. The summed E-state index contributed by atoms with van der Waals surface area (Å²) in [4.78, 5) is 0. The minimum absolute atomic E-state index is 0.127. The van der Waals surface area contributed by atoms with Gasteiger partial charge in [-0.05, 0) is 23.1 Å². The molecule has 1 saturated heterocycles. The molecular weight excluding hydrogens is 412 g/mol. The van der Waals surface area contributed by atoms with Crippen molar-refractivity contribution < 1.29 is 18.9 Å².